The molecule has 0 bridgehead atoms. The van der Waals surface area contributed by atoms with E-state index in [1.54, 1.807) is 11.3 Å². The lowest BCUT2D eigenvalue weighted by Gasteiger charge is -1.98. The molecule has 0 N–H and O–H groups in total. The molecule has 1 nitrogen and oxygen atoms in total. The summed E-state index contributed by atoms with van der Waals surface area (Å²) < 4.78 is 0. The van der Waals surface area contributed by atoms with Gasteiger partial charge in [0, 0.05) is 10.8 Å². The number of thiazole rings is 1. The fourth-order valence-electron chi connectivity index (χ4n) is 1.07. The number of hydrogen-bond donors (Lipinski definition) is 0. The average Bonchev–Trinajstić information content (AvgIpc) is 2.39. The van der Waals surface area contributed by atoms with Crippen molar-refractivity contribution in [1.29, 1.82) is 0 Å². The zero-order valence-electron chi connectivity index (χ0n) is 6.59. The van der Waals surface area contributed by atoms with Crippen molar-refractivity contribution in [2.75, 3.05) is 0 Å². The molecule has 0 aromatic carbocycles. The van der Waals surface area contributed by atoms with Crippen LogP contribution in [0.2, 0.25) is 0 Å². The summed E-state index contributed by atoms with van der Waals surface area (Å²) in [5.41, 5.74) is 2.23. The summed E-state index contributed by atoms with van der Waals surface area (Å²) in [5.74, 6) is 0. The molecule has 2 rings (SSSR count). The Morgan fingerprint density at radius 2 is 2.18 bits per heavy atom. The van der Waals surface area contributed by atoms with Gasteiger partial charge in [-0.05, 0) is 11.2 Å². The van der Waals surface area contributed by atoms with E-state index in [1.807, 2.05) is 5.38 Å². The first kappa shape index (κ1) is 7.10. The number of aromatic nitrogens is 1. The van der Waals surface area contributed by atoms with E-state index in [-0.39, 0.29) is 5.41 Å². The van der Waals surface area contributed by atoms with Crippen LogP contribution in [0, 0.1) is 5.41 Å². The predicted octanol–water partition coefficient (Wildman–Crippen LogP) is 1.36. The second-order valence-electron chi connectivity index (χ2n) is 3.36. The maximum Gasteiger partial charge on any atom is 0.142 e. The van der Waals surface area contributed by atoms with Crippen LogP contribution < -0.4 is 5.59 Å². The standard InChI is InChI=1S/C8H8BNS/c1-8(2)3-5(8)7-10-6(9)4-11-7/h3-4H,1-2H3. The van der Waals surface area contributed by atoms with Crippen molar-refractivity contribution in [3.8, 4) is 0 Å². The Morgan fingerprint density at radius 3 is 2.55 bits per heavy atom. The molecule has 0 spiro atoms. The molecular weight excluding hydrogens is 153 g/mol. The topological polar surface area (TPSA) is 12.9 Å². The third-order valence-corrected chi connectivity index (χ3v) is 2.76. The minimum atomic E-state index is 0.268. The monoisotopic (exact) mass is 161 g/mol. The number of hydrogen-bond acceptors (Lipinski definition) is 2. The van der Waals surface area contributed by atoms with E-state index in [1.165, 1.54) is 5.57 Å². The summed E-state index contributed by atoms with van der Waals surface area (Å²) >= 11 is 1.62. The fraction of sp³-hybridized carbons (Fsp3) is 0.375. The van der Waals surface area contributed by atoms with Gasteiger partial charge in [0.25, 0.3) is 0 Å². The van der Waals surface area contributed by atoms with Crippen LogP contribution in [0.5, 0.6) is 0 Å². The Morgan fingerprint density at radius 1 is 1.55 bits per heavy atom. The highest BCUT2D eigenvalue weighted by atomic mass is 32.1. The van der Waals surface area contributed by atoms with E-state index in [0.717, 1.165) is 5.01 Å². The Kier molecular flexibility index (Phi) is 1.28. The molecule has 0 atom stereocenters. The minimum Gasteiger partial charge on any atom is -0.253 e. The van der Waals surface area contributed by atoms with Crippen molar-refractivity contribution in [3.63, 3.8) is 0 Å². The van der Waals surface area contributed by atoms with Crippen LogP contribution in [-0.2, 0) is 0 Å². The Balaban J connectivity index is 2.27. The first-order valence-corrected chi connectivity index (χ1v) is 4.42. The van der Waals surface area contributed by atoms with E-state index >= 15 is 0 Å². The van der Waals surface area contributed by atoms with Crippen molar-refractivity contribution >= 4 is 30.3 Å². The van der Waals surface area contributed by atoms with Crippen LogP contribution in [0.25, 0.3) is 5.57 Å². The summed E-state index contributed by atoms with van der Waals surface area (Å²) in [6, 6.07) is 0. The highest BCUT2D eigenvalue weighted by Gasteiger charge is 2.36. The van der Waals surface area contributed by atoms with Gasteiger partial charge in [-0.3, -0.25) is 4.98 Å². The largest absolute Gasteiger partial charge is 0.253 e. The molecule has 1 aliphatic carbocycles. The summed E-state index contributed by atoms with van der Waals surface area (Å²) in [5, 5.41) is 2.96. The average molecular weight is 161 g/mol. The van der Waals surface area contributed by atoms with Crippen LogP contribution in [0.15, 0.2) is 11.5 Å². The van der Waals surface area contributed by atoms with Crippen molar-refractivity contribution in [1.82, 2.24) is 4.98 Å². The molecule has 1 aromatic heterocycles. The maximum absolute atomic E-state index is 5.50. The van der Waals surface area contributed by atoms with Gasteiger partial charge in [0.05, 0.1) is 0 Å². The molecule has 0 aliphatic heterocycles. The van der Waals surface area contributed by atoms with Crippen molar-refractivity contribution in [2.45, 2.75) is 13.8 Å². The highest BCUT2D eigenvalue weighted by Crippen LogP contribution is 2.50. The van der Waals surface area contributed by atoms with Gasteiger partial charge in [0.15, 0.2) is 0 Å². The van der Waals surface area contributed by atoms with Crippen LogP contribution in [0.3, 0.4) is 0 Å². The van der Waals surface area contributed by atoms with Crippen molar-refractivity contribution in [3.05, 3.63) is 16.5 Å². The fourth-order valence-corrected chi connectivity index (χ4v) is 1.96. The third kappa shape index (κ3) is 1.14. The summed E-state index contributed by atoms with van der Waals surface area (Å²) in [4.78, 5) is 4.20. The van der Waals surface area contributed by atoms with E-state index in [2.05, 4.69) is 24.9 Å². The second kappa shape index (κ2) is 1.98. The first-order chi connectivity index (χ1) is 5.09. The smallest absolute Gasteiger partial charge is 0.142 e. The van der Waals surface area contributed by atoms with Crippen LogP contribution in [0.1, 0.15) is 18.9 Å². The molecule has 0 saturated heterocycles. The normalized spacial score (nSPS) is 19.6. The lowest BCUT2D eigenvalue weighted by atomic mass is 10.1. The lowest BCUT2D eigenvalue weighted by Crippen LogP contribution is -2.01. The molecule has 54 valence electrons. The van der Waals surface area contributed by atoms with E-state index < -0.39 is 0 Å². The van der Waals surface area contributed by atoms with Crippen LogP contribution in [0.4, 0.5) is 0 Å². The van der Waals surface area contributed by atoms with Crippen LogP contribution >= 0.6 is 11.3 Å². The maximum atomic E-state index is 5.50. The van der Waals surface area contributed by atoms with Gasteiger partial charge in [0.2, 0.25) is 0 Å². The Bertz CT molecular complexity index is 325. The molecule has 1 heterocycles. The molecule has 3 heteroatoms. The summed E-state index contributed by atoms with van der Waals surface area (Å²) in [6.07, 6.45) is 2.21. The molecule has 1 aliphatic rings. The molecule has 0 unspecified atom stereocenters. The first-order valence-electron chi connectivity index (χ1n) is 3.54. The van der Waals surface area contributed by atoms with Gasteiger partial charge >= 0.3 is 0 Å². The molecule has 0 amide bonds. The lowest BCUT2D eigenvalue weighted by molar-refractivity contribution is 0.745. The molecule has 0 saturated carbocycles. The van der Waals surface area contributed by atoms with Gasteiger partial charge in [0.1, 0.15) is 12.9 Å². The zero-order chi connectivity index (χ0) is 8.06. The second-order valence-corrected chi connectivity index (χ2v) is 4.22. The summed E-state index contributed by atoms with van der Waals surface area (Å²) in [6.45, 7) is 4.36. The number of nitrogens with zero attached hydrogens (tertiary/aromatic N) is 1. The SMILES string of the molecule is [B]c1csc(C2=CC2(C)C)n1. The van der Waals surface area contributed by atoms with Gasteiger partial charge in [-0.2, -0.15) is 0 Å². The van der Waals surface area contributed by atoms with E-state index in [4.69, 9.17) is 7.85 Å². The minimum absolute atomic E-state index is 0.268. The number of rotatable bonds is 1. The molecule has 0 fully saturated rings. The number of allylic oxidation sites excluding steroid dienone is 2. The van der Waals surface area contributed by atoms with Gasteiger partial charge in [-0.1, -0.05) is 19.9 Å². The van der Waals surface area contributed by atoms with Gasteiger partial charge in [-0.15, -0.1) is 11.3 Å². The van der Waals surface area contributed by atoms with E-state index in [9.17, 15) is 0 Å². The molecular formula is C8H8BNS. The third-order valence-electron chi connectivity index (χ3n) is 1.87. The van der Waals surface area contributed by atoms with Crippen LogP contribution in [-0.4, -0.2) is 12.8 Å². The van der Waals surface area contributed by atoms with Crippen molar-refractivity contribution < 1.29 is 0 Å². The van der Waals surface area contributed by atoms with Gasteiger partial charge < -0.3 is 0 Å². The van der Waals surface area contributed by atoms with Gasteiger partial charge in [-0.25, -0.2) is 0 Å². The molecule has 2 radical (unpaired) electrons. The quantitative estimate of drug-likeness (QED) is 0.566. The highest BCUT2D eigenvalue weighted by molar-refractivity contribution is 7.11. The zero-order valence-corrected chi connectivity index (χ0v) is 7.40. The summed E-state index contributed by atoms with van der Waals surface area (Å²) in [7, 11) is 5.50. The van der Waals surface area contributed by atoms with E-state index in [0.29, 0.717) is 5.59 Å². The Labute approximate surface area is 71.6 Å². The molecule has 1 aromatic rings. The van der Waals surface area contributed by atoms with Crippen molar-refractivity contribution in [2.24, 2.45) is 5.41 Å². The Hall–Kier alpha value is -0.565. The predicted molar refractivity (Wildman–Crippen MR) is 49.3 cm³/mol. The molecule has 11 heavy (non-hydrogen) atoms.